The van der Waals surface area contributed by atoms with E-state index in [-0.39, 0.29) is 5.91 Å². The molecule has 1 aliphatic heterocycles. The number of carbonyl (C=O) groups is 1. The number of nitrogens with zero attached hydrogens (tertiary/aromatic N) is 2. The second kappa shape index (κ2) is 3.93. The Hall–Kier alpha value is -2.62. The lowest BCUT2D eigenvalue weighted by Crippen LogP contribution is -2.17. The highest BCUT2D eigenvalue weighted by Crippen LogP contribution is 2.28. The van der Waals surface area contributed by atoms with Gasteiger partial charge in [0.1, 0.15) is 5.65 Å². The van der Waals surface area contributed by atoms with Gasteiger partial charge in [-0.25, -0.2) is 4.98 Å². The molecule has 4 nitrogen and oxygen atoms in total. The van der Waals surface area contributed by atoms with E-state index in [2.05, 4.69) is 22.1 Å². The van der Waals surface area contributed by atoms with Gasteiger partial charge in [0.25, 0.3) is 5.91 Å². The largest absolute Gasteiger partial charge is 0.346 e. The third kappa shape index (κ3) is 1.54. The maximum absolute atomic E-state index is 11.9. The van der Waals surface area contributed by atoms with E-state index in [1.54, 1.807) is 4.90 Å². The van der Waals surface area contributed by atoms with E-state index in [1.165, 1.54) is 0 Å². The molecular weight excluding hydrogens is 250 g/mol. The zero-order valence-corrected chi connectivity index (χ0v) is 11.1. The van der Waals surface area contributed by atoms with Crippen molar-refractivity contribution in [2.24, 2.45) is 0 Å². The highest BCUT2D eigenvalue weighted by atomic mass is 16.2. The van der Waals surface area contributed by atoms with Crippen LogP contribution in [0, 0.1) is 0 Å². The Kier molecular flexibility index (Phi) is 2.21. The molecule has 0 fully saturated rings. The smallest absolute Gasteiger partial charge is 0.254 e. The third-order valence-corrected chi connectivity index (χ3v) is 3.82. The van der Waals surface area contributed by atoms with Gasteiger partial charge < -0.3 is 9.88 Å². The summed E-state index contributed by atoms with van der Waals surface area (Å²) in [6, 6.07) is 10.1. The number of carbonyl (C=O) groups excluding carboxylic acids is 1. The van der Waals surface area contributed by atoms with E-state index in [9.17, 15) is 4.79 Å². The molecule has 0 bridgehead atoms. The van der Waals surface area contributed by atoms with Crippen LogP contribution in [0.2, 0.25) is 0 Å². The molecule has 0 unspecified atom stereocenters. The first-order valence-corrected chi connectivity index (χ1v) is 6.54. The molecular formula is C16H13N3O. The van der Waals surface area contributed by atoms with Crippen molar-refractivity contribution >= 4 is 16.9 Å². The molecule has 1 aliphatic rings. The van der Waals surface area contributed by atoms with E-state index >= 15 is 0 Å². The van der Waals surface area contributed by atoms with Gasteiger partial charge in [-0.15, -0.1) is 0 Å². The number of pyridine rings is 1. The van der Waals surface area contributed by atoms with Gasteiger partial charge in [-0.3, -0.25) is 4.79 Å². The highest BCUT2D eigenvalue weighted by molar-refractivity contribution is 5.98. The van der Waals surface area contributed by atoms with Gasteiger partial charge in [0.15, 0.2) is 0 Å². The number of hydrogen-bond acceptors (Lipinski definition) is 2. The minimum absolute atomic E-state index is 0.103. The number of aromatic amines is 1. The van der Waals surface area contributed by atoms with Gasteiger partial charge in [0, 0.05) is 42.5 Å². The summed E-state index contributed by atoms with van der Waals surface area (Å²) in [7, 11) is 1.83. The number of nitrogens with one attached hydrogen (secondary N) is 1. The van der Waals surface area contributed by atoms with Crippen LogP contribution in [0.25, 0.3) is 22.2 Å². The van der Waals surface area contributed by atoms with E-state index < -0.39 is 0 Å². The molecule has 1 amide bonds. The van der Waals surface area contributed by atoms with Crippen LogP contribution in [-0.4, -0.2) is 27.8 Å². The lowest BCUT2D eigenvalue weighted by atomic mass is 10.0. The average molecular weight is 263 g/mol. The van der Waals surface area contributed by atoms with Crippen LogP contribution in [0.1, 0.15) is 15.9 Å². The number of rotatable bonds is 1. The first-order valence-electron chi connectivity index (χ1n) is 6.54. The first-order chi connectivity index (χ1) is 9.72. The fourth-order valence-corrected chi connectivity index (χ4v) is 2.74. The summed E-state index contributed by atoms with van der Waals surface area (Å²) in [4.78, 5) is 21.1. The molecule has 98 valence electrons. The highest BCUT2D eigenvalue weighted by Gasteiger charge is 2.24. The van der Waals surface area contributed by atoms with Gasteiger partial charge in [0.2, 0.25) is 0 Å². The predicted octanol–water partition coefficient (Wildman–Crippen LogP) is 2.82. The van der Waals surface area contributed by atoms with Crippen LogP contribution in [0.4, 0.5) is 0 Å². The summed E-state index contributed by atoms with van der Waals surface area (Å²) in [5.74, 6) is 0.103. The second-order valence-electron chi connectivity index (χ2n) is 5.17. The van der Waals surface area contributed by atoms with Crippen molar-refractivity contribution in [3.63, 3.8) is 0 Å². The SMILES string of the molecule is CN1Cc2cc(-c3cnc4[nH]ccc4c3)ccc2C1=O. The Morgan fingerprint density at radius 1 is 1.20 bits per heavy atom. The zero-order chi connectivity index (χ0) is 13.7. The van der Waals surface area contributed by atoms with Crippen molar-refractivity contribution < 1.29 is 4.79 Å². The van der Waals surface area contributed by atoms with E-state index in [0.29, 0.717) is 6.54 Å². The number of fused-ring (bicyclic) bond motifs is 2. The van der Waals surface area contributed by atoms with Crippen LogP contribution in [-0.2, 0) is 6.54 Å². The zero-order valence-electron chi connectivity index (χ0n) is 11.1. The number of hydrogen-bond donors (Lipinski definition) is 1. The van der Waals surface area contributed by atoms with E-state index in [1.807, 2.05) is 37.6 Å². The summed E-state index contributed by atoms with van der Waals surface area (Å²) >= 11 is 0. The molecule has 3 heterocycles. The molecule has 1 N–H and O–H groups in total. The summed E-state index contributed by atoms with van der Waals surface area (Å²) in [5, 5.41) is 1.09. The molecule has 1 aromatic carbocycles. The Bertz CT molecular complexity index is 835. The third-order valence-electron chi connectivity index (χ3n) is 3.82. The number of aromatic nitrogens is 2. The standard InChI is InChI=1S/C16H13N3O/c1-19-9-13-6-10(2-3-14(13)16(19)20)12-7-11-4-5-17-15(11)18-8-12/h2-8H,9H2,1H3,(H,17,18). The van der Waals surface area contributed by atoms with Crippen molar-refractivity contribution in [3.8, 4) is 11.1 Å². The van der Waals surface area contributed by atoms with Crippen molar-refractivity contribution in [3.05, 3.63) is 53.9 Å². The summed E-state index contributed by atoms with van der Waals surface area (Å²) in [6.45, 7) is 0.682. The van der Waals surface area contributed by atoms with Crippen LogP contribution in [0.3, 0.4) is 0 Å². The van der Waals surface area contributed by atoms with Crippen LogP contribution in [0.5, 0.6) is 0 Å². The monoisotopic (exact) mass is 263 g/mol. The minimum Gasteiger partial charge on any atom is -0.346 e. The fourth-order valence-electron chi connectivity index (χ4n) is 2.74. The molecule has 4 heteroatoms. The number of amides is 1. The van der Waals surface area contributed by atoms with Crippen LogP contribution < -0.4 is 0 Å². The Morgan fingerprint density at radius 3 is 3.00 bits per heavy atom. The van der Waals surface area contributed by atoms with Crippen LogP contribution >= 0.6 is 0 Å². The summed E-state index contributed by atoms with van der Waals surface area (Å²) in [5.41, 5.74) is 4.96. The number of H-pyrrole nitrogens is 1. The van der Waals surface area contributed by atoms with Gasteiger partial charge in [-0.05, 0) is 35.4 Å². The summed E-state index contributed by atoms with van der Waals surface area (Å²) < 4.78 is 0. The normalized spacial score (nSPS) is 14.1. The maximum atomic E-state index is 11.9. The lowest BCUT2D eigenvalue weighted by molar-refractivity contribution is 0.0816. The van der Waals surface area contributed by atoms with Gasteiger partial charge in [-0.2, -0.15) is 0 Å². The maximum Gasteiger partial charge on any atom is 0.254 e. The molecule has 3 aromatic rings. The van der Waals surface area contributed by atoms with Gasteiger partial charge >= 0.3 is 0 Å². The van der Waals surface area contributed by atoms with Crippen molar-refractivity contribution in [2.75, 3.05) is 7.05 Å². The molecule has 0 saturated carbocycles. The molecule has 2 aromatic heterocycles. The molecule has 0 saturated heterocycles. The van der Waals surface area contributed by atoms with Crippen molar-refractivity contribution in [1.82, 2.24) is 14.9 Å². The quantitative estimate of drug-likeness (QED) is 0.734. The molecule has 0 spiro atoms. The second-order valence-corrected chi connectivity index (χ2v) is 5.17. The van der Waals surface area contributed by atoms with Gasteiger partial charge in [0.05, 0.1) is 0 Å². The molecule has 0 atom stereocenters. The molecule has 0 aliphatic carbocycles. The topological polar surface area (TPSA) is 49.0 Å². The Labute approximate surface area is 116 Å². The molecule has 0 radical (unpaired) electrons. The summed E-state index contributed by atoms with van der Waals surface area (Å²) in [6.07, 6.45) is 3.75. The first kappa shape index (κ1) is 11.2. The lowest BCUT2D eigenvalue weighted by Gasteiger charge is -2.04. The minimum atomic E-state index is 0.103. The number of benzene rings is 1. The Balaban J connectivity index is 1.83. The predicted molar refractivity (Wildman–Crippen MR) is 77.3 cm³/mol. The molecule has 20 heavy (non-hydrogen) atoms. The van der Waals surface area contributed by atoms with Gasteiger partial charge in [-0.1, -0.05) is 6.07 Å². The van der Waals surface area contributed by atoms with E-state index in [0.717, 1.165) is 33.3 Å². The Morgan fingerprint density at radius 2 is 2.10 bits per heavy atom. The van der Waals surface area contributed by atoms with E-state index in [4.69, 9.17) is 0 Å². The van der Waals surface area contributed by atoms with Crippen molar-refractivity contribution in [2.45, 2.75) is 6.54 Å². The van der Waals surface area contributed by atoms with Crippen molar-refractivity contribution in [1.29, 1.82) is 0 Å². The fraction of sp³-hybridized carbons (Fsp3) is 0.125. The van der Waals surface area contributed by atoms with Crippen LogP contribution in [0.15, 0.2) is 42.7 Å². The average Bonchev–Trinajstić information content (AvgIpc) is 3.03. The molecule has 4 rings (SSSR count).